The van der Waals surface area contributed by atoms with Gasteiger partial charge in [0.15, 0.2) is 0 Å². The molecule has 0 radical (unpaired) electrons. The van der Waals surface area contributed by atoms with Crippen molar-refractivity contribution in [1.82, 2.24) is 0 Å². The molecular formula is C12H22FO2P. The second kappa shape index (κ2) is 5.46. The third-order valence-corrected chi connectivity index (χ3v) is 6.08. The first-order valence-electron chi connectivity index (χ1n) is 6.02. The molecule has 16 heavy (non-hydrogen) atoms. The molecule has 0 N–H and O–H groups in total. The summed E-state index contributed by atoms with van der Waals surface area (Å²) in [5.74, 6) is 0.106. The number of hydrogen-bond acceptors (Lipinski definition) is 2. The molecule has 0 amide bonds. The molecule has 0 heterocycles. The maximum atomic E-state index is 13.5. The van der Waals surface area contributed by atoms with Crippen LogP contribution in [-0.2, 0) is 9.09 Å². The van der Waals surface area contributed by atoms with E-state index >= 15 is 0 Å². The van der Waals surface area contributed by atoms with Crippen molar-refractivity contribution in [3.8, 4) is 0 Å². The average molecular weight is 248 g/mol. The van der Waals surface area contributed by atoms with Gasteiger partial charge in [-0.25, -0.2) is 4.39 Å². The van der Waals surface area contributed by atoms with Crippen molar-refractivity contribution in [3.05, 3.63) is 11.4 Å². The Balaban J connectivity index is 2.56. The van der Waals surface area contributed by atoms with E-state index < -0.39 is 7.37 Å². The Kier molecular flexibility index (Phi) is 4.75. The minimum atomic E-state index is -2.44. The highest BCUT2D eigenvalue weighted by Crippen LogP contribution is 2.48. The molecule has 0 aromatic heterocycles. The van der Waals surface area contributed by atoms with Crippen LogP contribution in [0.2, 0.25) is 0 Å². The van der Waals surface area contributed by atoms with Crippen LogP contribution in [0.1, 0.15) is 34.1 Å². The zero-order valence-corrected chi connectivity index (χ0v) is 11.5. The molecule has 0 bridgehead atoms. The van der Waals surface area contributed by atoms with E-state index in [1.807, 2.05) is 27.7 Å². The molecule has 1 aliphatic rings. The van der Waals surface area contributed by atoms with Crippen molar-refractivity contribution in [2.45, 2.75) is 34.1 Å². The molecule has 0 spiro atoms. The fraction of sp³-hybridized carbons (Fsp3) is 0.833. The molecule has 0 aromatic carbocycles. The minimum absolute atomic E-state index is 0.00331. The maximum absolute atomic E-state index is 13.5. The van der Waals surface area contributed by atoms with E-state index in [-0.39, 0.29) is 17.7 Å². The van der Waals surface area contributed by atoms with Gasteiger partial charge in [0.2, 0.25) is 7.37 Å². The van der Waals surface area contributed by atoms with Gasteiger partial charge in [-0.1, -0.05) is 20.8 Å². The first-order valence-corrected chi connectivity index (χ1v) is 8.01. The van der Waals surface area contributed by atoms with E-state index in [2.05, 4.69) is 0 Å². The number of rotatable bonds is 5. The number of halogens is 1. The van der Waals surface area contributed by atoms with Crippen LogP contribution in [0.25, 0.3) is 0 Å². The van der Waals surface area contributed by atoms with Gasteiger partial charge in [0.05, 0.1) is 6.61 Å². The lowest BCUT2D eigenvalue weighted by Crippen LogP contribution is -2.09. The highest BCUT2D eigenvalue weighted by Gasteiger charge is 2.30. The van der Waals surface area contributed by atoms with Gasteiger partial charge in [0, 0.05) is 24.2 Å². The van der Waals surface area contributed by atoms with Crippen LogP contribution in [0.3, 0.4) is 0 Å². The van der Waals surface area contributed by atoms with Crippen molar-refractivity contribution in [2.24, 2.45) is 11.8 Å². The van der Waals surface area contributed by atoms with Gasteiger partial charge >= 0.3 is 0 Å². The maximum Gasteiger partial charge on any atom is 0.202 e. The first kappa shape index (κ1) is 13.9. The highest BCUT2D eigenvalue weighted by molar-refractivity contribution is 7.58. The zero-order chi connectivity index (χ0) is 12.3. The molecule has 1 rings (SSSR count). The van der Waals surface area contributed by atoms with Crippen LogP contribution >= 0.6 is 7.37 Å². The first-order chi connectivity index (χ1) is 7.43. The predicted molar refractivity (Wildman–Crippen MR) is 65.7 cm³/mol. The van der Waals surface area contributed by atoms with Gasteiger partial charge in [-0.15, -0.1) is 0 Å². The minimum Gasteiger partial charge on any atom is -0.328 e. The summed E-state index contributed by atoms with van der Waals surface area (Å²) in [6.45, 7) is 7.87. The van der Waals surface area contributed by atoms with Gasteiger partial charge < -0.3 is 4.52 Å². The molecule has 1 aliphatic carbocycles. The molecule has 0 unspecified atom stereocenters. The Bertz CT molecular complexity index is 317. The largest absolute Gasteiger partial charge is 0.328 e. The fourth-order valence-electron chi connectivity index (χ4n) is 2.12. The van der Waals surface area contributed by atoms with Crippen LogP contribution in [0.4, 0.5) is 4.39 Å². The van der Waals surface area contributed by atoms with Crippen molar-refractivity contribution in [3.63, 3.8) is 0 Å². The summed E-state index contributed by atoms with van der Waals surface area (Å²) in [5, 5.41) is 0. The Morgan fingerprint density at radius 3 is 2.38 bits per heavy atom. The SMILES string of the molecule is CCP(=O)(CC)OC[C@H]1C[C@@H](C)C(F)=C1C. The molecule has 2 atom stereocenters. The molecule has 0 fully saturated rings. The molecule has 0 aliphatic heterocycles. The number of allylic oxidation sites excluding steroid dienone is 1. The van der Waals surface area contributed by atoms with Gasteiger partial charge in [-0.3, -0.25) is 4.57 Å². The molecule has 0 saturated heterocycles. The quantitative estimate of drug-likeness (QED) is 0.681. The van der Waals surface area contributed by atoms with E-state index in [4.69, 9.17) is 4.52 Å². The van der Waals surface area contributed by atoms with E-state index in [1.165, 1.54) is 0 Å². The normalized spacial score (nSPS) is 26.6. The van der Waals surface area contributed by atoms with Crippen LogP contribution in [0.5, 0.6) is 0 Å². The fourth-order valence-corrected chi connectivity index (χ4v) is 3.38. The summed E-state index contributed by atoms with van der Waals surface area (Å²) >= 11 is 0. The Morgan fingerprint density at radius 1 is 1.44 bits per heavy atom. The molecule has 0 saturated carbocycles. The van der Waals surface area contributed by atoms with E-state index in [0.29, 0.717) is 18.9 Å². The smallest absolute Gasteiger partial charge is 0.202 e. The second-order valence-electron chi connectivity index (χ2n) is 4.61. The van der Waals surface area contributed by atoms with Crippen LogP contribution in [0, 0.1) is 11.8 Å². The van der Waals surface area contributed by atoms with Crippen LogP contribution in [-0.4, -0.2) is 18.9 Å². The summed E-state index contributed by atoms with van der Waals surface area (Å²) in [6, 6.07) is 0. The van der Waals surface area contributed by atoms with Crippen molar-refractivity contribution in [2.75, 3.05) is 18.9 Å². The lowest BCUT2D eigenvalue weighted by Gasteiger charge is -2.18. The highest BCUT2D eigenvalue weighted by atomic mass is 31.2. The van der Waals surface area contributed by atoms with Crippen molar-refractivity contribution < 1.29 is 13.5 Å². The summed E-state index contributed by atoms with van der Waals surface area (Å²) in [6.07, 6.45) is 1.92. The lowest BCUT2D eigenvalue weighted by molar-refractivity contribution is 0.262. The average Bonchev–Trinajstić information content (AvgIpc) is 2.54. The van der Waals surface area contributed by atoms with E-state index in [1.54, 1.807) is 0 Å². The summed E-state index contributed by atoms with van der Waals surface area (Å²) in [5.41, 5.74) is 0.784. The van der Waals surface area contributed by atoms with Crippen molar-refractivity contribution in [1.29, 1.82) is 0 Å². The summed E-state index contributed by atoms with van der Waals surface area (Å²) in [4.78, 5) is 0. The van der Waals surface area contributed by atoms with Crippen LogP contribution < -0.4 is 0 Å². The molecule has 94 valence electrons. The predicted octanol–water partition coefficient (Wildman–Crippen LogP) is 4.22. The van der Waals surface area contributed by atoms with E-state index in [9.17, 15) is 8.96 Å². The van der Waals surface area contributed by atoms with Gasteiger partial charge in [0.1, 0.15) is 5.83 Å². The number of hydrogen-bond donors (Lipinski definition) is 0. The summed E-state index contributed by atoms with van der Waals surface area (Å²) in [7, 11) is -2.44. The Morgan fingerprint density at radius 2 is 2.00 bits per heavy atom. The van der Waals surface area contributed by atoms with E-state index in [0.717, 1.165) is 12.0 Å². The van der Waals surface area contributed by atoms with Gasteiger partial charge in [-0.2, -0.15) is 0 Å². The lowest BCUT2D eigenvalue weighted by atomic mass is 10.0. The van der Waals surface area contributed by atoms with Crippen LogP contribution in [0.15, 0.2) is 11.4 Å². The van der Waals surface area contributed by atoms with Gasteiger partial charge in [0.25, 0.3) is 0 Å². The Labute approximate surface area is 97.7 Å². The second-order valence-corrected chi connectivity index (χ2v) is 7.76. The molecule has 0 aromatic rings. The molecule has 2 nitrogen and oxygen atoms in total. The topological polar surface area (TPSA) is 26.3 Å². The molecule has 4 heteroatoms. The molecular weight excluding hydrogens is 226 g/mol. The monoisotopic (exact) mass is 248 g/mol. The zero-order valence-electron chi connectivity index (χ0n) is 10.6. The standard InChI is InChI=1S/C12H22FO2P/c1-5-16(14,6-2)15-8-11-7-9(3)12(13)10(11)4/h9,11H,5-8H2,1-4H3/t9-,11-/m1/s1. The van der Waals surface area contributed by atoms with Gasteiger partial charge in [-0.05, 0) is 18.9 Å². The third kappa shape index (κ3) is 2.95. The Hall–Kier alpha value is -0.140. The summed E-state index contributed by atoms with van der Waals surface area (Å²) < 4.78 is 31.1. The van der Waals surface area contributed by atoms with Crippen molar-refractivity contribution >= 4 is 7.37 Å². The third-order valence-electron chi connectivity index (χ3n) is 3.53.